The molecule has 3 aromatic rings. The molecule has 11 heteroatoms. The fourth-order valence-corrected chi connectivity index (χ4v) is 4.45. The van der Waals surface area contributed by atoms with Gasteiger partial charge in [0.25, 0.3) is 5.91 Å². The highest BCUT2D eigenvalue weighted by atomic mass is 35.5. The van der Waals surface area contributed by atoms with E-state index in [2.05, 4.69) is 10.4 Å². The molecule has 0 spiro atoms. The smallest absolute Gasteiger partial charge is 0.348 e. The van der Waals surface area contributed by atoms with Crippen molar-refractivity contribution in [1.82, 2.24) is 9.78 Å². The number of carbonyl (C=O) groups is 3. The van der Waals surface area contributed by atoms with E-state index in [1.165, 1.54) is 10.7 Å². The highest BCUT2D eigenvalue weighted by molar-refractivity contribution is 7.18. The molecule has 2 aromatic heterocycles. The Bertz CT molecular complexity index is 1240. The number of halogens is 1. The maximum atomic E-state index is 12.9. The lowest BCUT2D eigenvalue weighted by Gasteiger charge is -2.09. The zero-order valence-corrected chi connectivity index (χ0v) is 21.4. The van der Waals surface area contributed by atoms with Gasteiger partial charge in [-0.05, 0) is 62.6 Å². The van der Waals surface area contributed by atoms with Crippen LogP contribution in [-0.2, 0) is 16.2 Å². The first-order valence-corrected chi connectivity index (χ1v) is 12.2. The number of ether oxygens (including phenoxy) is 3. The van der Waals surface area contributed by atoms with E-state index in [0.29, 0.717) is 22.8 Å². The zero-order chi connectivity index (χ0) is 25.5. The molecule has 0 saturated carbocycles. The summed E-state index contributed by atoms with van der Waals surface area (Å²) >= 11 is 6.93. The maximum absolute atomic E-state index is 12.9. The van der Waals surface area contributed by atoms with Gasteiger partial charge in [0.1, 0.15) is 15.6 Å². The molecule has 9 nitrogen and oxygen atoms in total. The SMILES string of the molecule is CCCOC(=O)c1c(NC(=O)c2ccn(COc3ccc(Cl)cc3C)n2)sc(C(=O)OCC)c1C. The quantitative estimate of drug-likeness (QED) is 0.364. The number of rotatable bonds is 10. The summed E-state index contributed by atoms with van der Waals surface area (Å²) in [5, 5.41) is 7.73. The lowest BCUT2D eigenvalue weighted by Crippen LogP contribution is -2.16. The van der Waals surface area contributed by atoms with Crippen LogP contribution < -0.4 is 10.1 Å². The molecule has 1 aromatic carbocycles. The number of benzene rings is 1. The Morgan fingerprint density at radius 3 is 2.57 bits per heavy atom. The van der Waals surface area contributed by atoms with Gasteiger partial charge in [-0.15, -0.1) is 11.3 Å². The summed E-state index contributed by atoms with van der Waals surface area (Å²) < 4.78 is 17.5. The summed E-state index contributed by atoms with van der Waals surface area (Å²) in [5.74, 6) is -1.10. The number of nitrogens with zero attached hydrogens (tertiary/aromatic N) is 2. The number of esters is 2. The normalized spacial score (nSPS) is 10.7. The van der Waals surface area contributed by atoms with Crippen molar-refractivity contribution in [1.29, 1.82) is 0 Å². The Balaban J connectivity index is 1.77. The lowest BCUT2D eigenvalue weighted by atomic mass is 10.1. The van der Waals surface area contributed by atoms with Crippen LogP contribution in [-0.4, -0.2) is 40.8 Å². The molecule has 0 saturated heterocycles. The van der Waals surface area contributed by atoms with Gasteiger partial charge in [-0.25, -0.2) is 14.3 Å². The number of anilines is 1. The third kappa shape index (κ3) is 6.40. The van der Waals surface area contributed by atoms with E-state index < -0.39 is 17.8 Å². The van der Waals surface area contributed by atoms with Gasteiger partial charge in [-0.2, -0.15) is 5.10 Å². The molecule has 186 valence electrons. The highest BCUT2D eigenvalue weighted by Gasteiger charge is 2.28. The van der Waals surface area contributed by atoms with Crippen molar-refractivity contribution in [2.75, 3.05) is 18.5 Å². The van der Waals surface area contributed by atoms with Crippen LogP contribution in [0.25, 0.3) is 0 Å². The third-order valence-corrected chi connectivity index (χ3v) is 6.26. The minimum atomic E-state index is -0.622. The van der Waals surface area contributed by atoms with Gasteiger partial charge in [0.05, 0.1) is 18.8 Å². The van der Waals surface area contributed by atoms with E-state index in [4.69, 9.17) is 25.8 Å². The minimum Gasteiger partial charge on any atom is -0.471 e. The van der Waals surface area contributed by atoms with Crippen LogP contribution in [0.5, 0.6) is 5.75 Å². The monoisotopic (exact) mass is 519 g/mol. The minimum absolute atomic E-state index is 0.0788. The summed E-state index contributed by atoms with van der Waals surface area (Å²) in [6, 6.07) is 6.79. The van der Waals surface area contributed by atoms with Gasteiger partial charge < -0.3 is 19.5 Å². The topological polar surface area (TPSA) is 109 Å². The van der Waals surface area contributed by atoms with E-state index in [0.717, 1.165) is 16.9 Å². The number of hydrogen-bond acceptors (Lipinski definition) is 8. The Morgan fingerprint density at radius 1 is 1.11 bits per heavy atom. The van der Waals surface area contributed by atoms with Gasteiger partial charge >= 0.3 is 11.9 Å². The predicted octanol–water partition coefficient (Wildman–Crippen LogP) is 5.25. The number of nitrogens with one attached hydrogen (secondary N) is 1. The number of hydrogen-bond donors (Lipinski definition) is 1. The predicted molar refractivity (Wildman–Crippen MR) is 133 cm³/mol. The molecule has 0 radical (unpaired) electrons. The summed E-state index contributed by atoms with van der Waals surface area (Å²) in [4.78, 5) is 38.1. The first-order valence-electron chi connectivity index (χ1n) is 11.0. The van der Waals surface area contributed by atoms with Gasteiger partial charge in [0.2, 0.25) is 0 Å². The van der Waals surface area contributed by atoms with Gasteiger partial charge in [-0.3, -0.25) is 4.79 Å². The largest absolute Gasteiger partial charge is 0.471 e. The second kappa shape index (κ2) is 11.9. The molecule has 2 heterocycles. The molecule has 1 N–H and O–H groups in total. The first-order chi connectivity index (χ1) is 16.7. The summed E-state index contributed by atoms with van der Waals surface area (Å²) in [6.07, 6.45) is 2.23. The second-order valence-electron chi connectivity index (χ2n) is 7.49. The van der Waals surface area contributed by atoms with Crippen molar-refractivity contribution in [2.45, 2.75) is 40.8 Å². The highest BCUT2D eigenvalue weighted by Crippen LogP contribution is 2.34. The van der Waals surface area contributed by atoms with Crippen LogP contribution in [0.15, 0.2) is 30.5 Å². The molecule has 1 amide bonds. The van der Waals surface area contributed by atoms with Crippen LogP contribution >= 0.6 is 22.9 Å². The van der Waals surface area contributed by atoms with Crippen molar-refractivity contribution in [3.63, 3.8) is 0 Å². The average Bonchev–Trinajstić information content (AvgIpc) is 3.41. The van der Waals surface area contributed by atoms with Crippen LogP contribution in [0, 0.1) is 13.8 Å². The molecular formula is C24H26ClN3O6S. The molecule has 0 bridgehead atoms. The standard InChI is InChI=1S/C24H26ClN3O6S/c1-5-11-33-23(30)19-15(4)20(24(31)32-6-2)35-22(19)26-21(29)17-9-10-28(27-17)13-34-18-8-7-16(25)12-14(18)3/h7-10,12H,5-6,11,13H2,1-4H3,(H,26,29). The summed E-state index contributed by atoms with van der Waals surface area (Å²) in [5.41, 5.74) is 1.50. The van der Waals surface area contributed by atoms with E-state index in [9.17, 15) is 14.4 Å². The van der Waals surface area contributed by atoms with E-state index in [1.54, 1.807) is 38.2 Å². The first kappa shape index (κ1) is 26.2. The number of aromatic nitrogens is 2. The van der Waals surface area contributed by atoms with Crippen LogP contribution in [0.3, 0.4) is 0 Å². The molecule has 0 fully saturated rings. The summed E-state index contributed by atoms with van der Waals surface area (Å²) in [6.45, 7) is 7.53. The average molecular weight is 520 g/mol. The van der Waals surface area contributed by atoms with E-state index in [-0.39, 0.29) is 41.1 Å². The van der Waals surface area contributed by atoms with Crippen molar-refractivity contribution >= 4 is 45.8 Å². The van der Waals surface area contributed by atoms with Crippen LogP contribution in [0.2, 0.25) is 5.02 Å². The Morgan fingerprint density at radius 2 is 1.89 bits per heavy atom. The molecule has 3 rings (SSSR count). The molecule has 0 unspecified atom stereocenters. The zero-order valence-electron chi connectivity index (χ0n) is 19.8. The fraction of sp³-hybridized carbons (Fsp3) is 0.333. The third-order valence-electron chi connectivity index (χ3n) is 4.84. The van der Waals surface area contributed by atoms with Crippen molar-refractivity contribution in [2.24, 2.45) is 0 Å². The summed E-state index contributed by atoms with van der Waals surface area (Å²) in [7, 11) is 0. The van der Waals surface area contributed by atoms with Crippen LogP contribution in [0.4, 0.5) is 5.00 Å². The number of thiophene rings is 1. The van der Waals surface area contributed by atoms with E-state index in [1.807, 2.05) is 13.8 Å². The van der Waals surface area contributed by atoms with Crippen LogP contribution in [0.1, 0.15) is 61.9 Å². The van der Waals surface area contributed by atoms with Gasteiger partial charge in [-0.1, -0.05) is 18.5 Å². The molecule has 0 atom stereocenters. The molecule has 0 aliphatic carbocycles. The molecular weight excluding hydrogens is 494 g/mol. The van der Waals surface area contributed by atoms with Gasteiger partial charge in [0, 0.05) is 11.2 Å². The molecule has 35 heavy (non-hydrogen) atoms. The lowest BCUT2D eigenvalue weighted by molar-refractivity contribution is 0.0506. The Kier molecular flexibility index (Phi) is 8.89. The van der Waals surface area contributed by atoms with Gasteiger partial charge in [0.15, 0.2) is 12.4 Å². The fourth-order valence-electron chi connectivity index (χ4n) is 3.14. The Labute approximate surface area is 211 Å². The number of carbonyl (C=O) groups excluding carboxylic acids is 3. The second-order valence-corrected chi connectivity index (χ2v) is 8.95. The van der Waals surface area contributed by atoms with Crippen molar-refractivity contribution in [3.8, 4) is 5.75 Å². The van der Waals surface area contributed by atoms with Crippen molar-refractivity contribution in [3.05, 3.63) is 62.7 Å². The number of aryl methyl sites for hydroxylation is 1. The maximum Gasteiger partial charge on any atom is 0.348 e. The van der Waals surface area contributed by atoms with Crippen molar-refractivity contribution < 1.29 is 28.6 Å². The molecule has 0 aliphatic heterocycles. The number of amides is 1. The van der Waals surface area contributed by atoms with E-state index >= 15 is 0 Å². The molecule has 0 aliphatic rings. The Hall–Kier alpha value is -3.37.